The summed E-state index contributed by atoms with van der Waals surface area (Å²) in [6, 6.07) is 4.04. The third kappa shape index (κ3) is 4.53. The summed E-state index contributed by atoms with van der Waals surface area (Å²) in [5.41, 5.74) is 2.97. The second-order valence-corrected chi connectivity index (χ2v) is 9.28. The molecule has 1 fully saturated rings. The predicted octanol–water partition coefficient (Wildman–Crippen LogP) is 2.85. The number of nitrogens with one attached hydrogen (secondary N) is 1. The number of amides is 1. The van der Waals surface area contributed by atoms with Crippen LogP contribution >= 0.6 is 11.3 Å². The van der Waals surface area contributed by atoms with E-state index in [-0.39, 0.29) is 11.4 Å². The lowest BCUT2D eigenvalue weighted by Crippen LogP contribution is -2.55. The Kier molecular flexibility index (Phi) is 6.17. The van der Waals surface area contributed by atoms with Crippen LogP contribution in [0, 0.1) is 13.8 Å². The molecule has 3 aromatic heterocycles. The van der Waals surface area contributed by atoms with Crippen LogP contribution in [0.25, 0.3) is 16.5 Å². The number of carbonyl (C=O) groups is 1. The van der Waals surface area contributed by atoms with Crippen molar-refractivity contribution in [2.24, 2.45) is 0 Å². The summed E-state index contributed by atoms with van der Waals surface area (Å²) in [5, 5.41) is 9.50. The number of carbonyl (C=O) groups excluding carboxylic acids is 1. The maximum atomic E-state index is 12.9. The van der Waals surface area contributed by atoms with Crippen LogP contribution < -0.4 is 5.32 Å². The molecule has 9 heteroatoms. The second kappa shape index (κ2) is 8.86. The van der Waals surface area contributed by atoms with E-state index in [1.807, 2.05) is 31.4 Å². The monoisotopic (exact) mass is 440 g/mol. The van der Waals surface area contributed by atoms with Crippen molar-refractivity contribution in [1.82, 2.24) is 30.0 Å². The number of hydrogen-bond acceptors (Lipinski definition) is 7. The van der Waals surface area contributed by atoms with Crippen LogP contribution in [0.2, 0.25) is 0 Å². The van der Waals surface area contributed by atoms with Gasteiger partial charge in [0.25, 0.3) is 11.9 Å². The highest BCUT2D eigenvalue weighted by atomic mass is 32.1. The quantitative estimate of drug-likeness (QED) is 0.634. The van der Waals surface area contributed by atoms with Gasteiger partial charge >= 0.3 is 0 Å². The Hall–Kier alpha value is -2.62. The number of aromatic nitrogens is 4. The average molecular weight is 441 g/mol. The molecule has 1 aliphatic heterocycles. The van der Waals surface area contributed by atoms with Crippen LogP contribution in [0.3, 0.4) is 0 Å². The molecule has 0 unspecified atom stereocenters. The Labute approximate surface area is 186 Å². The second-order valence-electron chi connectivity index (χ2n) is 8.33. The van der Waals surface area contributed by atoms with Gasteiger partial charge in [-0.2, -0.15) is 5.10 Å². The fourth-order valence-electron chi connectivity index (χ4n) is 3.70. The van der Waals surface area contributed by atoms with Crippen molar-refractivity contribution in [3.63, 3.8) is 0 Å². The molecule has 1 aliphatic rings. The van der Waals surface area contributed by atoms with E-state index < -0.39 is 0 Å². The van der Waals surface area contributed by atoms with Crippen molar-refractivity contribution < 1.29 is 9.53 Å². The first kappa shape index (κ1) is 21.6. The molecule has 8 nitrogen and oxygen atoms in total. The van der Waals surface area contributed by atoms with Crippen LogP contribution in [0.4, 0.5) is 0 Å². The minimum absolute atomic E-state index is 0.143. The Morgan fingerprint density at radius 1 is 1.26 bits per heavy atom. The van der Waals surface area contributed by atoms with Crippen molar-refractivity contribution in [3.8, 4) is 16.5 Å². The predicted molar refractivity (Wildman–Crippen MR) is 121 cm³/mol. The largest absolute Gasteiger partial charge is 0.379 e. The Balaban J connectivity index is 1.50. The van der Waals surface area contributed by atoms with Gasteiger partial charge in [-0.1, -0.05) is 6.07 Å². The summed E-state index contributed by atoms with van der Waals surface area (Å²) in [6.45, 7) is 11.9. The molecule has 1 saturated heterocycles. The molecule has 0 radical (unpaired) electrons. The van der Waals surface area contributed by atoms with E-state index in [1.54, 1.807) is 28.4 Å². The van der Waals surface area contributed by atoms with Crippen molar-refractivity contribution >= 4 is 17.2 Å². The maximum Gasteiger partial charge on any atom is 0.254 e. The minimum atomic E-state index is -0.154. The molecule has 0 aliphatic carbocycles. The number of thiophene rings is 1. The fraction of sp³-hybridized carbons (Fsp3) is 0.455. The van der Waals surface area contributed by atoms with Crippen LogP contribution in [0.1, 0.15) is 35.5 Å². The molecule has 31 heavy (non-hydrogen) atoms. The van der Waals surface area contributed by atoms with Gasteiger partial charge in [-0.25, -0.2) is 14.6 Å². The fourth-order valence-corrected chi connectivity index (χ4v) is 4.48. The third-order valence-corrected chi connectivity index (χ3v) is 6.58. The van der Waals surface area contributed by atoms with E-state index in [0.29, 0.717) is 23.8 Å². The average Bonchev–Trinajstić information content (AvgIpc) is 3.43. The standard InChI is InChI=1S/C22H28N6O2S/c1-15-12-23-21(26-19(15)18-6-5-11-31-18)28-16(2)17(13-25-28)20(29)24-14-22(3,4)27-7-9-30-10-8-27/h5-6,11-13H,7-10,14H2,1-4H3,(H,24,29). The lowest BCUT2D eigenvalue weighted by molar-refractivity contribution is -0.00923. The molecule has 1 N–H and O–H groups in total. The lowest BCUT2D eigenvalue weighted by Gasteiger charge is -2.40. The molecule has 0 bridgehead atoms. The number of aryl methyl sites for hydroxylation is 1. The minimum Gasteiger partial charge on any atom is -0.379 e. The van der Waals surface area contributed by atoms with Crippen LogP contribution in [0.5, 0.6) is 0 Å². The van der Waals surface area contributed by atoms with E-state index in [0.717, 1.165) is 42.4 Å². The van der Waals surface area contributed by atoms with Crippen LogP contribution in [-0.4, -0.2) is 68.9 Å². The highest BCUT2D eigenvalue weighted by Gasteiger charge is 2.29. The Morgan fingerprint density at radius 3 is 2.74 bits per heavy atom. The van der Waals surface area contributed by atoms with Crippen LogP contribution in [-0.2, 0) is 4.74 Å². The first-order valence-corrected chi connectivity index (χ1v) is 11.3. The van der Waals surface area contributed by atoms with Crippen molar-refractivity contribution in [2.75, 3.05) is 32.8 Å². The van der Waals surface area contributed by atoms with Gasteiger partial charge in [0.05, 0.1) is 41.2 Å². The first-order chi connectivity index (χ1) is 14.9. The molecule has 164 valence electrons. The molecular weight excluding hydrogens is 412 g/mol. The van der Waals surface area contributed by atoms with Gasteiger partial charge < -0.3 is 10.1 Å². The number of ether oxygens (including phenoxy) is 1. The van der Waals surface area contributed by atoms with Gasteiger partial charge in [-0.05, 0) is 44.7 Å². The summed E-state index contributed by atoms with van der Waals surface area (Å²) >= 11 is 1.63. The third-order valence-electron chi connectivity index (χ3n) is 5.71. The zero-order valence-electron chi connectivity index (χ0n) is 18.4. The summed E-state index contributed by atoms with van der Waals surface area (Å²) in [5.74, 6) is 0.315. The Morgan fingerprint density at radius 2 is 2.03 bits per heavy atom. The van der Waals surface area contributed by atoms with E-state index in [4.69, 9.17) is 9.72 Å². The van der Waals surface area contributed by atoms with Crippen molar-refractivity contribution in [3.05, 3.63) is 46.7 Å². The lowest BCUT2D eigenvalue weighted by atomic mass is 10.0. The van der Waals surface area contributed by atoms with Crippen molar-refractivity contribution in [2.45, 2.75) is 33.2 Å². The molecule has 1 amide bonds. The normalized spacial score (nSPS) is 15.2. The van der Waals surface area contributed by atoms with E-state index >= 15 is 0 Å². The highest BCUT2D eigenvalue weighted by Crippen LogP contribution is 2.26. The Bertz CT molecular complexity index is 1050. The molecule has 4 heterocycles. The summed E-state index contributed by atoms with van der Waals surface area (Å²) < 4.78 is 7.06. The van der Waals surface area contributed by atoms with E-state index in [2.05, 4.69) is 34.1 Å². The van der Waals surface area contributed by atoms with Gasteiger partial charge in [0, 0.05) is 31.4 Å². The zero-order valence-corrected chi connectivity index (χ0v) is 19.2. The number of morpholine rings is 1. The smallest absolute Gasteiger partial charge is 0.254 e. The molecule has 0 aromatic carbocycles. The van der Waals surface area contributed by atoms with Gasteiger partial charge in [-0.15, -0.1) is 11.3 Å². The molecule has 3 aromatic rings. The molecular formula is C22H28N6O2S. The van der Waals surface area contributed by atoms with E-state index in [1.165, 1.54) is 0 Å². The maximum absolute atomic E-state index is 12.9. The van der Waals surface area contributed by atoms with Gasteiger partial charge in [0.1, 0.15) is 0 Å². The molecule has 0 atom stereocenters. The molecule has 4 rings (SSSR count). The molecule has 0 saturated carbocycles. The summed E-state index contributed by atoms with van der Waals surface area (Å²) in [6.07, 6.45) is 3.38. The van der Waals surface area contributed by atoms with Gasteiger partial charge in [-0.3, -0.25) is 9.69 Å². The van der Waals surface area contributed by atoms with Gasteiger partial charge in [0.2, 0.25) is 0 Å². The topological polar surface area (TPSA) is 85.2 Å². The van der Waals surface area contributed by atoms with Crippen LogP contribution in [0.15, 0.2) is 29.9 Å². The number of rotatable bonds is 6. The van der Waals surface area contributed by atoms with E-state index in [9.17, 15) is 4.79 Å². The molecule has 0 spiro atoms. The first-order valence-electron chi connectivity index (χ1n) is 10.4. The van der Waals surface area contributed by atoms with Gasteiger partial charge in [0.15, 0.2) is 0 Å². The summed E-state index contributed by atoms with van der Waals surface area (Å²) in [4.78, 5) is 25.5. The number of nitrogens with zero attached hydrogens (tertiary/aromatic N) is 5. The highest BCUT2D eigenvalue weighted by molar-refractivity contribution is 7.13. The number of hydrogen-bond donors (Lipinski definition) is 1. The zero-order chi connectivity index (χ0) is 22.0. The van der Waals surface area contributed by atoms with Crippen molar-refractivity contribution in [1.29, 1.82) is 0 Å². The summed E-state index contributed by atoms with van der Waals surface area (Å²) in [7, 11) is 0. The SMILES string of the molecule is Cc1cnc(-n2ncc(C(=O)NCC(C)(C)N3CCOCC3)c2C)nc1-c1cccs1.